The van der Waals surface area contributed by atoms with E-state index in [2.05, 4.69) is 0 Å². The van der Waals surface area contributed by atoms with Crippen LogP contribution in [0.2, 0.25) is 0 Å². The van der Waals surface area contributed by atoms with Gasteiger partial charge in [-0.25, -0.2) is 17.9 Å². The number of nitrogens with two attached hydrogens (primary N) is 1. The number of primary sulfonamides is 1. The maximum Gasteiger partial charge on any atom is 0.417 e. The Morgan fingerprint density at radius 1 is 1.08 bits per heavy atom. The second-order valence-electron chi connectivity index (χ2n) is 5.56. The first-order valence-electron chi connectivity index (χ1n) is 7.13. The van der Waals surface area contributed by atoms with E-state index in [1.54, 1.807) is 14.0 Å². The maximum absolute atomic E-state index is 13.2. The number of hydrogen-bond donors (Lipinski definition) is 1. The standard InChI is InChI=1S/C16H16F4N2O2S/c1-10(11-3-5-12(17)6-4-11)22(2)13-7-8-15(25(21,23)24)14(9-13)16(18,19)20/h3-10H,1-2H3,(H2,21,23,24). The molecule has 1 atom stereocenters. The normalized spacial score (nSPS) is 13.6. The summed E-state index contributed by atoms with van der Waals surface area (Å²) in [5.41, 5.74) is -0.491. The number of hydrogen-bond acceptors (Lipinski definition) is 3. The van der Waals surface area contributed by atoms with E-state index in [4.69, 9.17) is 5.14 Å². The van der Waals surface area contributed by atoms with Crippen molar-refractivity contribution in [1.29, 1.82) is 0 Å². The SMILES string of the molecule is CC(c1ccc(F)cc1)N(C)c1ccc(S(N)(=O)=O)c(C(F)(F)F)c1. The molecular weight excluding hydrogens is 360 g/mol. The van der Waals surface area contributed by atoms with Gasteiger partial charge in [-0.2, -0.15) is 13.2 Å². The lowest BCUT2D eigenvalue weighted by Gasteiger charge is -2.28. The number of benzene rings is 2. The maximum atomic E-state index is 13.2. The van der Waals surface area contributed by atoms with Crippen molar-refractivity contribution in [3.8, 4) is 0 Å². The Balaban J connectivity index is 2.47. The zero-order valence-electron chi connectivity index (χ0n) is 13.4. The van der Waals surface area contributed by atoms with Crippen LogP contribution in [-0.4, -0.2) is 15.5 Å². The highest BCUT2D eigenvalue weighted by molar-refractivity contribution is 7.89. The van der Waals surface area contributed by atoms with Crippen LogP contribution in [0.1, 0.15) is 24.1 Å². The molecule has 0 aliphatic rings. The van der Waals surface area contributed by atoms with E-state index >= 15 is 0 Å². The Kier molecular flexibility index (Phi) is 5.10. The van der Waals surface area contributed by atoms with E-state index in [1.165, 1.54) is 35.2 Å². The van der Waals surface area contributed by atoms with Crippen molar-refractivity contribution >= 4 is 15.7 Å². The molecule has 9 heteroatoms. The molecule has 0 bridgehead atoms. The minimum absolute atomic E-state index is 0.150. The van der Waals surface area contributed by atoms with Crippen molar-refractivity contribution in [2.24, 2.45) is 5.14 Å². The Morgan fingerprint density at radius 3 is 2.12 bits per heavy atom. The molecule has 0 saturated heterocycles. The monoisotopic (exact) mass is 376 g/mol. The lowest BCUT2D eigenvalue weighted by Crippen LogP contribution is -2.24. The third-order valence-corrected chi connectivity index (χ3v) is 4.88. The molecule has 0 radical (unpaired) electrons. The average Bonchev–Trinajstić information content (AvgIpc) is 2.52. The highest BCUT2D eigenvalue weighted by Crippen LogP contribution is 2.37. The molecule has 0 aromatic heterocycles. The molecule has 2 N–H and O–H groups in total. The van der Waals surface area contributed by atoms with Crippen molar-refractivity contribution in [2.75, 3.05) is 11.9 Å². The number of sulfonamides is 1. The van der Waals surface area contributed by atoms with Crippen LogP contribution in [0.25, 0.3) is 0 Å². The van der Waals surface area contributed by atoms with E-state index in [0.717, 1.165) is 12.1 Å². The van der Waals surface area contributed by atoms with Gasteiger partial charge in [0.15, 0.2) is 0 Å². The zero-order valence-corrected chi connectivity index (χ0v) is 14.2. The van der Waals surface area contributed by atoms with Crippen molar-refractivity contribution in [2.45, 2.75) is 24.0 Å². The zero-order chi connectivity index (χ0) is 19.0. The van der Waals surface area contributed by atoms with Crippen LogP contribution in [0.3, 0.4) is 0 Å². The summed E-state index contributed by atoms with van der Waals surface area (Å²) in [6.07, 6.45) is -4.88. The first-order valence-corrected chi connectivity index (χ1v) is 8.68. The van der Waals surface area contributed by atoms with Crippen LogP contribution in [0.5, 0.6) is 0 Å². The fourth-order valence-corrected chi connectivity index (χ4v) is 3.13. The number of nitrogens with zero attached hydrogens (tertiary/aromatic N) is 1. The fourth-order valence-electron chi connectivity index (χ4n) is 2.40. The van der Waals surface area contributed by atoms with Gasteiger partial charge in [0.1, 0.15) is 5.82 Å². The molecule has 2 aromatic rings. The van der Waals surface area contributed by atoms with Gasteiger partial charge in [-0.1, -0.05) is 12.1 Å². The quantitative estimate of drug-likeness (QED) is 0.828. The summed E-state index contributed by atoms with van der Waals surface area (Å²) in [4.78, 5) is 0.543. The third kappa shape index (κ3) is 4.29. The average molecular weight is 376 g/mol. The minimum atomic E-state index is -4.88. The Morgan fingerprint density at radius 2 is 1.64 bits per heavy atom. The van der Waals surface area contributed by atoms with Gasteiger partial charge in [0.25, 0.3) is 0 Å². The van der Waals surface area contributed by atoms with E-state index in [0.29, 0.717) is 5.56 Å². The van der Waals surface area contributed by atoms with Gasteiger partial charge in [0.05, 0.1) is 16.5 Å². The van der Waals surface area contributed by atoms with Crippen molar-refractivity contribution < 1.29 is 26.0 Å². The van der Waals surface area contributed by atoms with Gasteiger partial charge in [-0.3, -0.25) is 0 Å². The molecule has 0 aliphatic heterocycles. The summed E-state index contributed by atoms with van der Waals surface area (Å²) < 4.78 is 75.4. The van der Waals surface area contributed by atoms with Gasteiger partial charge in [0.2, 0.25) is 10.0 Å². The van der Waals surface area contributed by atoms with Crippen LogP contribution in [0.15, 0.2) is 47.4 Å². The Bertz CT molecular complexity index is 865. The van der Waals surface area contributed by atoms with E-state index < -0.39 is 32.5 Å². The number of anilines is 1. The topological polar surface area (TPSA) is 63.4 Å². The van der Waals surface area contributed by atoms with Crippen molar-refractivity contribution in [3.05, 3.63) is 59.4 Å². The second-order valence-corrected chi connectivity index (χ2v) is 7.09. The molecule has 2 aromatic carbocycles. The molecule has 0 fully saturated rings. The summed E-state index contributed by atoms with van der Waals surface area (Å²) in [7, 11) is -2.96. The third-order valence-electron chi connectivity index (χ3n) is 3.92. The van der Waals surface area contributed by atoms with Crippen LogP contribution in [-0.2, 0) is 16.2 Å². The lowest BCUT2D eigenvalue weighted by molar-refractivity contribution is -0.139. The van der Waals surface area contributed by atoms with Gasteiger partial charge >= 0.3 is 6.18 Å². The van der Waals surface area contributed by atoms with Crippen LogP contribution in [0, 0.1) is 5.82 Å². The Labute approximate surface area is 142 Å². The largest absolute Gasteiger partial charge is 0.417 e. The van der Waals surface area contributed by atoms with Crippen molar-refractivity contribution in [3.63, 3.8) is 0 Å². The number of halogens is 4. The van der Waals surface area contributed by atoms with Gasteiger partial charge in [-0.15, -0.1) is 0 Å². The second kappa shape index (κ2) is 6.64. The molecule has 2 rings (SSSR count). The first-order chi connectivity index (χ1) is 11.4. The van der Waals surface area contributed by atoms with E-state index in [-0.39, 0.29) is 11.7 Å². The molecule has 0 saturated carbocycles. The summed E-state index contributed by atoms with van der Waals surface area (Å²) in [6, 6.07) is 8.01. The predicted octanol–water partition coefficient (Wildman–Crippen LogP) is 3.69. The molecule has 136 valence electrons. The van der Waals surface area contributed by atoms with Crippen molar-refractivity contribution in [1.82, 2.24) is 0 Å². The highest BCUT2D eigenvalue weighted by Gasteiger charge is 2.37. The molecule has 1 unspecified atom stereocenters. The summed E-state index contributed by atoms with van der Waals surface area (Å²) in [5.74, 6) is -0.421. The molecule has 25 heavy (non-hydrogen) atoms. The number of rotatable bonds is 4. The van der Waals surface area contributed by atoms with Crippen LogP contribution >= 0.6 is 0 Å². The number of alkyl halides is 3. The molecule has 0 amide bonds. The smallest absolute Gasteiger partial charge is 0.368 e. The molecular formula is C16H16F4N2O2S. The molecule has 0 spiro atoms. The molecule has 0 heterocycles. The van der Waals surface area contributed by atoms with E-state index in [1.807, 2.05) is 0 Å². The first kappa shape index (κ1) is 19.2. The predicted molar refractivity (Wildman–Crippen MR) is 86.0 cm³/mol. The van der Waals surface area contributed by atoms with Gasteiger partial charge in [0, 0.05) is 12.7 Å². The molecule has 0 aliphatic carbocycles. The summed E-state index contributed by atoms with van der Waals surface area (Å²) >= 11 is 0. The van der Waals surface area contributed by atoms with Crippen LogP contribution in [0.4, 0.5) is 23.2 Å². The van der Waals surface area contributed by atoms with Gasteiger partial charge < -0.3 is 4.90 Å². The lowest BCUT2D eigenvalue weighted by atomic mass is 10.1. The summed E-state index contributed by atoms with van der Waals surface area (Å²) in [6.45, 7) is 1.73. The minimum Gasteiger partial charge on any atom is -0.368 e. The van der Waals surface area contributed by atoms with E-state index in [9.17, 15) is 26.0 Å². The molecule has 4 nitrogen and oxygen atoms in total. The van der Waals surface area contributed by atoms with Crippen LogP contribution < -0.4 is 10.0 Å². The summed E-state index contributed by atoms with van der Waals surface area (Å²) in [5, 5.41) is 4.87. The highest BCUT2D eigenvalue weighted by atomic mass is 32.2. The fraction of sp³-hybridized carbons (Fsp3) is 0.250. The van der Waals surface area contributed by atoms with Gasteiger partial charge in [-0.05, 0) is 42.8 Å². The Hall–Kier alpha value is -2.13.